The lowest BCUT2D eigenvalue weighted by atomic mass is 9.94. The summed E-state index contributed by atoms with van der Waals surface area (Å²) in [5.74, 6) is -3.11. The van der Waals surface area contributed by atoms with Crippen LogP contribution in [0.5, 0.6) is 0 Å². The summed E-state index contributed by atoms with van der Waals surface area (Å²) in [4.78, 5) is 37.1. The normalized spacial score (nSPS) is 20.1. The van der Waals surface area contributed by atoms with Crippen LogP contribution >= 0.6 is 0 Å². The molecule has 1 aromatic rings. The van der Waals surface area contributed by atoms with Crippen molar-refractivity contribution >= 4 is 23.7 Å². The third-order valence-electron chi connectivity index (χ3n) is 4.14. The highest BCUT2D eigenvalue weighted by Gasteiger charge is 2.34. The Morgan fingerprint density at radius 2 is 1.42 bits per heavy atom. The molecule has 1 N–H and O–H groups in total. The number of hydrogen-bond acceptors (Lipinski definition) is 7. The van der Waals surface area contributed by atoms with Crippen LogP contribution in [-0.4, -0.2) is 44.3 Å². The number of methoxy groups -OCH3 is 3. The zero-order valence-electron chi connectivity index (χ0n) is 14.8. The van der Waals surface area contributed by atoms with Crippen LogP contribution in [0.3, 0.4) is 0 Å². The van der Waals surface area contributed by atoms with Crippen LogP contribution in [0, 0.1) is 0 Å². The van der Waals surface area contributed by atoms with Crippen LogP contribution < -0.4 is 0 Å². The van der Waals surface area contributed by atoms with Gasteiger partial charge < -0.3 is 19.3 Å². The molecule has 7 heteroatoms. The molecule has 1 aliphatic rings. The van der Waals surface area contributed by atoms with E-state index in [2.05, 4.69) is 0 Å². The second-order valence-corrected chi connectivity index (χ2v) is 5.56. The summed E-state index contributed by atoms with van der Waals surface area (Å²) in [5, 5.41) is 10.8. The Balaban J connectivity index is 2.91. The molecule has 1 aliphatic carbocycles. The molecular weight excluding hydrogens is 340 g/mol. The number of aliphatic hydroxyl groups is 1. The zero-order chi connectivity index (χ0) is 19.3. The predicted octanol–water partition coefficient (Wildman–Crippen LogP) is 2.11. The summed E-state index contributed by atoms with van der Waals surface area (Å²) in [6, 6.07) is 6.94. The second-order valence-electron chi connectivity index (χ2n) is 5.56. The molecule has 138 valence electrons. The Hall–Kier alpha value is -3.09. The fourth-order valence-electron chi connectivity index (χ4n) is 2.91. The zero-order valence-corrected chi connectivity index (χ0v) is 14.8. The van der Waals surface area contributed by atoms with E-state index in [0.29, 0.717) is 18.4 Å². The van der Waals surface area contributed by atoms with Gasteiger partial charge in [-0.05, 0) is 24.8 Å². The number of hydrogen-bond donors (Lipinski definition) is 1. The fourth-order valence-corrected chi connectivity index (χ4v) is 2.91. The van der Waals surface area contributed by atoms with Gasteiger partial charge in [0.1, 0.15) is 11.3 Å². The van der Waals surface area contributed by atoms with E-state index in [4.69, 9.17) is 14.2 Å². The lowest BCUT2D eigenvalue weighted by Gasteiger charge is -2.15. The van der Waals surface area contributed by atoms with Gasteiger partial charge in [0.05, 0.1) is 32.5 Å². The minimum Gasteiger partial charge on any atom is -0.506 e. The minimum atomic E-state index is -0.957. The first-order valence-corrected chi connectivity index (χ1v) is 7.96. The van der Waals surface area contributed by atoms with Gasteiger partial charge in [-0.2, -0.15) is 0 Å². The summed E-state index contributed by atoms with van der Waals surface area (Å²) >= 11 is 0. The number of aliphatic hydroxyl groups excluding tert-OH is 1. The topological polar surface area (TPSA) is 99.1 Å². The van der Waals surface area contributed by atoms with Crippen molar-refractivity contribution in [2.75, 3.05) is 21.3 Å². The van der Waals surface area contributed by atoms with Gasteiger partial charge in [-0.15, -0.1) is 0 Å². The lowest BCUT2D eigenvalue weighted by Crippen LogP contribution is -2.22. The highest BCUT2D eigenvalue weighted by Crippen LogP contribution is 2.32. The van der Waals surface area contributed by atoms with Gasteiger partial charge in [0.2, 0.25) is 0 Å². The molecule has 0 saturated carbocycles. The van der Waals surface area contributed by atoms with Crippen molar-refractivity contribution in [1.29, 1.82) is 0 Å². The number of ether oxygens (including phenoxy) is 3. The van der Waals surface area contributed by atoms with Gasteiger partial charge >= 0.3 is 17.9 Å². The van der Waals surface area contributed by atoms with E-state index in [-0.39, 0.29) is 17.6 Å². The van der Waals surface area contributed by atoms with Gasteiger partial charge in [-0.3, -0.25) is 0 Å². The van der Waals surface area contributed by atoms with Crippen LogP contribution in [0.25, 0.3) is 5.76 Å². The van der Waals surface area contributed by atoms with E-state index in [9.17, 15) is 19.5 Å². The summed E-state index contributed by atoms with van der Waals surface area (Å²) in [6.45, 7) is 0. The number of esters is 3. The maximum absolute atomic E-state index is 12.4. The molecule has 0 radical (unpaired) electrons. The van der Waals surface area contributed by atoms with E-state index >= 15 is 0 Å². The van der Waals surface area contributed by atoms with Crippen LogP contribution in [0.15, 0.2) is 41.0 Å². The highest BCUT2D eigenvalue weighted by atomic mass is 16.5. The van der Waals surface area contributed by atoms with Crippen molar-refractivity contribution in [2.24, 2.45) is 0 Å². The monoisotopic (exact) mass is 360 g/mol. The van der Waals surface area contributed by atoms with Crippen LogP contribution in [0.1, 0.15) is 24.0 Å². The molecule has 0 fully saturated rings. The predicted molar refractivity (Wildman–Crippen MR) is 92.0 cm³/mol. The van der Waals surface area contributed by atoms with Crippen LogP contribution in [-0.2, 0) is 35.0 Å². The minimum absolute atomic E-state index is 0.0425. The van der Waals surface area contributed by atoms with Crippen molar-refractivity contribution in [2.45, 2.75) is 19.3 Å². The van der Waals surface area contributed by atoms with E-state index in [1.165, 1.54) is 7.11 Å². The van der Waals surface area contributed by atoms with Crippen LogP contribution in [0.4, 0.5) is 0 Å². The average molecular weight is 360 g/mol. The van der Waals surface area contributed by atoms with E-state index in [0.717, 1.165) is 19.8 Å². The Kier molecular flexibility index (Phi) is 6.16. The van der Waals surface area contributed by atoms with Gasteiger partial charge in [0.25, 0.3) is 0 Å². The molecule has 0 unspecified atom stereocenters. The summed E-state index contributed by atoms with van der Waals surface area (Å²) in [7, 11) is 3.41. The first-order valence-electron chi connectivity index (χ1n) is 7.96. The SMILES string of the molecule is COC(=O)/C1=C(C(=O)OC)/C(C(=O)OC)=C(/O)c2ccccc2CCC1. The van der Waals surface area contributed by atoms with Gasteiger partial charge in [0, 0.05) is 5.56 Å². The van der Waals surface area contributed by atoms with E-state index < -0.39 is 29.2 Å². The van der Waals surface area contributed by atoms with Gasteiger partial charge in [-0.25, -0.2) is 14.4 Å². The number of benzene rings is 1. The molecule has 0 aliphatic heterocycles. The largest absolute Gasteiger partial charge is 0.506 e. The standard InChI is InChI=1S/C19H20O7/c1-24-17(21)13-10-6-8-11-7-4-5-9-12(11)16(20)15(19(23)26-3)14(13)18(22)25-2/h4-5,7,9,20H,6,8,10H2,1-3H3/b14-13-,16-15-. The Morgan fingerprint density at radius 1 is 0.846 bits per heavy atom. The molecule has 0 heterocycles. The van der Waals surface area contributed by atoms with E-state index in [1.54, 1.807) is 24.3 Å². The molecule has 2 rings (SSSR count). The third kappa shape index (κ3) is 3.61. The molecule has 0 spiro atoms. The fraction of sp³-hybridized carbons (Fsp3) is 0.316. The van der Waals surface area contributed by atoms with Crippen molar-refractivity contribution in [3.8, 4) is 0 Å². The van der Waals surface area contributed by atoms with Crippen molar-refractivity contribution in [3.05, 3.63) is 52.1 Å². The smallest absolute Gasteiger partial charge is 0.342 e. The first kappa shape index (κ1) is 19.2. The van der Waals surface area contributed by atoms with Gasteiger partial charge in [-0.1, -0.05) is 24.3 Å². The highest BCUT2D eigenvalue weighted by molar-refractivity contribution is 6.15. The second kappa shape index (κ2) is 8.33. The molecule has 7 nitrogen and oxygen atoms in total. The number of carbonyl (C=O) groups is 3. The number of rotatable bonds is 3. The number of aryl methyl sites for hydroxylation is 1. The van der Waals surface area contributed by atoms with E-state index in [1.807, 2.05) is 0 Å². The van der Waals surface area contributed by atoms with Crippen LogP contribution in [0.2, 0.25) is 0 Å². The van der Waals surface area contributed by atoms with Crippen molar-refractivity contribution < 1.29 is 33.7 Å². The maximum atomic E-state index is 12.4. The summed E-state index contributed by atoms with van der Waals surface area (Å²) in [5.41, 5.74) is 0.357. The average Bonchev–Trinajstić information content (AvgIpc) is 2.73. The molecule has 0 amide bonds. The Labute approximate surface area is 150 Å². The quantitative estimate of drug-likeness (QED) is 0.651. The van der Waals surface area contributed by atoms with Gasteiger partial charge in [0.15, 0.2) is 0 Å². The first-order chi connectivity index (χ1) is 12.5. The number of carbonyl (C=O) groups excluding carboxylic acids is 3. The molecule has 1 aromatic carbocycles. The molecule has 26 heavy (non-hydrogen) atoms. The number of fused-ring (bicyclic) bond motifs is 1. The summed E-state index contributed by atoms with van der Waals surface area (Å²) < 4.78 is 14.3. The molecule has 0 saturated heterocycles. The maximum Gasteiger partial charge on any atom is 0.342 e. The molecule has 0 bridgehead atoms. The lowest BCUT2D eigenvalue weighted by molar-refractivity contribution is -0.140. The molecule has 0 atom stereocenters. The Morgan fingerprint density at radius 3 is 2.04 bits per heavy atom. The van der Waals surface area contributed by atoms with Crippen molar-refractivity contribution in [1.82, 2.24) is 0 Å². The third-order valence-corrected chi connectivity index (χ3v) is 4.14. The van der Waals surface area contributed by atoms with Crippen molar-refractivity contribution in [3.63, 3.8) is 0 Å². The molecular formula is C19H20O7. The molecule has 0 aromatic heterocycles. The summed E-state index contributed by atoms with van der Waals surface area (Å²) in [6.07, 6.45) is 1.20. The Bertz CT molecular complexity index is 802.